The molecule has 0 atom stereocenters. The minimum atomic E-state index is -0.174. The molecule has 92 valence electrons. The topological polar surface area (TPSA) is 68.5 Å². The Hall–Kier alpha value is -2.30. The van der Waals surface area contributed by atoms with E-state index in [0.29, 0.717) is 22.4 Å². The molecule has 1 aliphatic heterocycles. The van der Waals surface area contributed by atoms with Gasteiger partial charge >= 0.3 is 0 Å². The maximum atomic E-state index is 11.9. The van der Waals surface area contributed by atoms with Crippen LogP contribution in [0, 0.1) is 0 Å². The SMILES string of the molecule is COc1ccc2oc3c(c2c1)NC(=O)CCC3=O. The number of rotatable bonds is 1. The van der Waals surface area contributed by atoms with Gasteiger partial charge in [-0.2, -0.15) is 0 Å². The average Bonchev–Trinajstić information content (AvgIpc) is 2.67. The Morgan fingerprint density at radius 3 is 2.89 bits per heavy atom. The number of nitrogens with one attached hydrogen (secondary N) is 1. The van der Waals surface area contributed by atoms with Gasteiger partial charge in [-0.05, 0) is 18.2 Å². The number of Topliss-reactive ketones (excluding diaryl/α,β-unsaturated/α-hetero) is 1. The summed E-state index contributed by atoms with van der Waals surface area (Å²) in [5, 5.41) is 3.41. The van der Waals surface area contributed by atoms with Crippen LogP contribution in [0.15, 0.2) is 22.6 Å². The van der Waals surface area contributed by atoms with E-state index in [-0.39, 0.29) is 30.3 Å². The fourth-order valence-electron chi connectivity index (χ4n) is 2.07. The number of hydrogen-bond acceptors (Lipinski definition) is 4. The molecule has 18 heavy (non-hydrogen) atoms. The van der Waals surface area contributed by atoms with Crippen molar-refractivity contribution >= 4 is 28.3 Å². The first-order chi connectivity index (χ1) is 8.69. The molecule has 0 unspecified atom stereocenters. The molecule has 0 aliphatic carbocycles. The number of methoxy groups -OCH3 is 1. The van der Waals surface area contributed by atoms with Crippen molar-refractivity contribution in [1.82, 2.24) is 0 Å². The summed E-state index contributed by atoms with van der Waals surface area (Å²) in [6.07, 6.45) is 0.365. The third-order valence-corrected chi connectivity index (χ3v) is 2.99. The monoisotopic (exact) mass is 245 g/mol. The van der Waals surface area contributed by atoms with E-state index in [1.54, 1.807) is 25.3 Å². The van der Waals surface area contributed by atoms with Crippen molar-refractivity contribution in [2.75, 3.05) is 12.4 Å². The van der Waals surface area contributed by atoms with Crippen LogP contribution in [0.5, 0.6) is 5.75 Å². The summed E-state index contributed by atoms with van der Waals surface area (Å²) >= 11 is 0. The number of hydrogen-bond donors (Lipinski definition) is 1. The number of furan rings is 1. The van der Waals surface area contributed by atoms with Crippen molar-refractivity contribution in [3.05, 3.63) is 24.0 Å². The average molecular weight is 245 g/mol. The van der Waals surface area contributed by atoms with E-state index < -0.39 is 0 Å². The summed E-state index contributed by atoms with van der Waals surface area (Å²) in [6.45, 7) is 0. The Bertz CT molecular complexity index is 656. The third kappa shape index (κ3) is 1.55. The molecule has 0 spiro atoms. The van der Waals surface area contributed by atoms with Crippen LogP contribution in [0.3, 0.4) is 0 Å². The van der Waals surface area contributed by atoms with Crippen molar-refractivity contribution < 1.29 is 18.7 Å². The van der Waals surface area contributed by atoms with Crippen LogP contribution in [-0.2, 0) is 4.79 Å². The summed E-state index contributed by atoms with van der Waals surface area (Å²) in [7, 11) is 1.56. The summed E-state index contributed by atoms with van der Waals surface area (Å²) in [4.78, 5) is 23.4. The lowest BCUT2D eigenvalue weighted by atomic mass is 10.1. The van der Waals surface area contributed by atoms with Crippen LogP contribution >= 0.6 is 0 Å². The number of fused-ring (bicyclic) bond motifs is 3. The predicted molar refractivity (Wildman–Crippen MR) is 65.0 cm³/mol. The largest absolute Gasteiger partial charge is 0.497 e. The van der Waals surface area contributed by atoms with Crippen LogP contribution in [-0.4, -0.2) is 18.8 Å². The molecule has 0 saturated carbocycles. The van der Waals surface area contributed by atoms with Crippen LogP contribution in [0.2, 0.25) is 0 Å². The fraction of sp³-hybridized carbons (Fsp3) is 0.231. The quantitative estimate of drug-likeness (QED) is 0.837. The molecule has 1 aromatic heterocycles. The van der Waals surface area contributed by atoms with Crippen molar-refractivity contribution in [1.29, 1.82) is 0 Å². The molecule has 5 heteroatoms. The molecule has 0 radical (unpaired) electrons. The normalized spacial score (nSPS) is 15.2. The standard InChI is InChI=1S/C13H11NO4/c1-17-7-2-4-10-8(6-7)12-13(18-10)9(15)3-5-11(16)14-12/h2,4,6H,3,5H2,1H3,(H,14,16). The second kappa shape index (κ2) is 3.87. The van der Waals surface area contributed by atoms with Gasteiger partial charge in [-0.1, -0.05) is 0 Å². The molecular formula is C13H11NO4. The van der Waals surface area contributed by atoms with Gasteiger partial charge in [-0.3, -0.25) is 9.59 Å². The molecular weight excluding hydrogens is 234 g/mol. The smallest absolute Gasteiger partial charge is 0.224 e. The van der Waals surface area contributed by atoms with E-state index >= 15 is 0 Å². The van der Waals surface area contributed by atoms with Crippen molar-refractivity contribution in [2.45, 2.75) is 12.8 Å². The van der Waals surface area contributed by atoms with Gasteiger partial charge in [0.1, 0.15) is 11.3 Å². The Morgan fingerprint density at radius 1 is 1.28 bits per heavy atom. The van der Waals surface area contributed by atoms with E-state index in [2.05, 4.69) is 5.32 Å². The Balaban J connectivity index is 2.26. The minimum Gasteiger partial charge on any atom is -0.497 e. The molecule has 1 amide bonds. The van der Waals surface area contributed by atoms with E-state index in [0.717, 1.165) is 0 Å². The first-order valence-electron chi connectivity index (χ1n) is 5.62. The van der Waals surface area contributed by atoms with Gasteiger partial charge in [0.2, 0.25) is 11.7 Å². The molecule has 5 nitrogen and oxygen atoms in total. The number of ketones is 1. The Morgan fingerprint density at radius 2 is 2.11 bits per heavy atom. The van der Waals surface area contributed by atoms with Crippen LogP contribution < -0.4 is 10.1 Å². The number of benzene rings is 1. The third-order valence-electron chi connectivity index (χ3n) is 2.99. The maximum absolute atomic E-state index is 11.9. The first kappa shape index (κ1) is 10.8. The molecule has 1 aliphatic rings. The highest BCUT2D eigenvalue weighted by Gasteiger charge is 2.26. The zero-order chi connectivity index (χ0) is 12.7. The fourth-order valence-corrected chi connectivity index (χ4v) is 2.07. The van der Waals surface area contributed by atoms with Gasteiger partial charge in [0.15, 0.2) is 5.76 Å². The lowest BCUT2D eigenvalue weighted by molar-refractivity contribution is -0.116. The minimum absolute atomic E-state index is 0.154. The highest BCUT2D eigenvalue weighted by molar-refractivity contribution is 6.14. The van der Waals surface area contributed by atoms with E-state index in [1.165, 1.54) is 0 Å². The Labute approximate surface area is 103 Å². The molecule has 1 aromatic carbocycles. The molecule has 0 saturated heterocycles. The van der Waals surface area contributed by atoms with E-state index in [1.807, 2.05) is 0 Å². The van der Waals surface area contributed by atoms with Gasteiger partial charge in [0.25, 0.3) is 0 Å². The van der Waals surface area contributed by atoms with Gasteiger partial charge in [0, 0.05) is 18.2 Å². The summed E-state index contributed by atoms with van der Waals surface area (Å²) in [6, 6.07) is 5.22. The second-order valence-corrected chi connectivity index (χ2v) is 4.14. The Kier molecular flexibility index (Phi) is 2.33. The van der Waals surface area contributed by atoms with Gasteiger partial charge in [-0.25, -0.2) is 0 Å². The maximum Gasteiger partial charge on any atom is 0.224 e. The van der Waals surface area contributed by atoms with Crippen LogP contribution in [0.25, 0.3) is 11.0 Å². The molecule has 1 N–H and O–H groups in total. The molecule has 0 fully saturated rings. The summed E-state index contributed by atoms with van der Waals surface area (Å²) < 4.78 is 10.6. The highest BCUT2D eigenvalue weighted by atomic mass is 16.5. The van der Waals surface area contributed by atoms with Gasteiger partial charge in [-0.15, -0.1) is 0 Å². The number of amides is 1. The number of carbonyl (C=O) groups is 2. The van der Waals surface area contributed by atoms with Gasteiger partial charge in [0.05, 0.1) is 12.8 Å². The zero-order valence-electron chi connectivity index (χ0n) is 9.78. The molecule has 2 aromatic rings. The van der Waals surface area contributed by atoms with E-state index in [9.17, 15) is 9.59 Å². The zero-order valence-corrected chi connectivity index (χ0v) is 9.78. The first-order valence-corrected chi connectivity index (χ1v) is 5.62. The summed E-state index contributed by atoms with van der Waals surface area (Å²) in [5.74, 6) is 0.548. The van der Waals surface area contributed by atoms with E-state index in [4.69, 9.17) is 9.15 Å². The highest BCUT2D eigenvalue weighted by Crippen LogP contribution is 2.35. The molecule has 0 bridgehead atoms. The van der Waals surface area contributed by atoms with Crippen LogP contribution in [0.4, 0.5) is 5.69 Å². The van der Waals surface area contributed by atoms with Gasteiger partial charge < -0.3 is 14.5 Å². The van der Waals surface area contributed by atoms with Crippen molar-refractivity contribution in [3.63, 3.8) is 0 Å². The second-order valence-electron chi connectivity index (χ2n) is 4.14. The number of anilines is 1. The molecule has 2 heterocycles. The predicted octanol–water partition coefficient (Wildman–Crippen LogP) is 2.36. The van der Waals surface area contributed by atoms with Crippen LogP contribution in [0.1, 0.15) is 23.4 Å². The van der Waals surface area contributed by atoms with Crippen molar-refractivity contribution in [2.24, 2.45) is 0 Å². The van der Waals surface area contributed by atoms with Crippen molar-refractivity contribution in [3.8, 4) is 5.75 Å². The molecule has 3 rings (SSSR count). The lowest BCUT2D eigenvalue weighted by Crippen LogP contribution is -2.08. The lowest BCUT2D eigenvalue weighted by Gasteiger charge is -2.01. The number of ether oxygens (including phenoxy) is 1. The summed E-state index contributed by atoms with van der Waals surface area (Å²) in [5.41, 5.74) is 1.02. The number of carbonyl (C=O) groups excluding carboxylic acids is 2.